The second-order valence-corrected chi connectivity index (χ2v) is 5.08. The lowest BCUT2D eigenvalue weighted by Crippen LogP contribution is -2.43. The lowest BCUT2D eigenvalue weighted by Gasteiger charge is -2.32. The Balaban J connectivity index is 2.07. The van der Waals surface area contributed by atoms with Crippen LogP contribution in [-0.4, -0.2) is 35.0 Å². The standard InChI is InChI=1S/C14H19NO3/c1-10-6-8-15(9-7-10)13(16)11-4-2-3-5-12(11)14(17)18/h2-3,6,11-12H,4-5,7-9H2,1H3,(H,17,18)/t11-,12+/m1/s1. The molecule has 0 saturated heterocycles. The molecule has 1 N–H and O–H groups in total. The van der Waals surface area contributed by atoms with Crippen molar-refractivity contribution in [2.75, 3.05) is 13.1 Å². The molecule has 1 amide bonds. The van der Waals surface area contributed by atoms with Gasteiger partial charge in [0.25, 0.3) is 0 Å². The molecule has 1 aliphatic carbocycles. The van der Waals surface area contributed by atoms with Gasteiger partial charge in [0, 0.05) is 13.1 Å². The Morgan fingerprint density at radius 3 is 2.50 bits per heavy atom. The minimum absolute atomic E-state index is 0.00417. The number of hydrogen-bond acceptors (Lipinski definition) is 2. The minimum Gasteiger partial charge on any atom is -0.481 e. The maximum Gasteiger partial charge on any atom is 0.307 e. The van der Waals surface area contributed by atoms with Gasteiger partial charge in [-0.05, 0) is 26.2 Å². The molecular formula is C14H19NO3. The van der Waals surface area contributed by atoms with E-state index < -0.39 is 11.9 Å². The van der Waals surface area contributed by atoms with E-state index >= 15 is 0 Å². The van der Waals surface area contributed by atoms with Crippen molar-refractivity contribution in [1.82, 2.24) is 4.90 Å². The first-order valence-corrected chi connectivity index (χ1v) is 6.42. The van der Waals surface area contributed by atoms with Crippen molar-refractivity contribution in [2.24, 2.45) is 11.8 Å². The lowest BCUT2D eigenvalue weighted by molar-refractivity contribution is -0.150. The molecule has 1 aliphatic heterocycles. The Bertz CT molecular complexity index is 411. The first-order valence-electron chi connectivity index (χ1n) is 6.42. The zero-order chi connectivity index (χ0) is 13.1. The van der Waals surface area contributed by atoms with E-state index in [1.807, 2.05) is 12.2 Å². The van der Waals surface area contributed by atoms with E-state index in [0.717, 1.165) is 6.42 Å². The molecule has 2 atom stereocenters. The molecule has 98 valence electrons. The van der Waals surface area contributed by atoms with Gasteiger partial charge in [0.15, 0.2) is 0 Å². The van der Waals surface area contributed by atoms with Crippen LogP contribution in [0.4, 0.5) is 0 Å². The second-order valence-electron chi connectivity index (χ2n) is 5.08. The molecule has 0 spiro atoms. The van der Waals surface area contributed by atoms with Crippen LogP contribution in [0.25, 0.3) is 0 Å². The molecule has 0 radical (unpaired) electrons. The van der Waals surface area contributed by atoms with Crippen molar-refractivity contribution in [3.63, 3.8) is 0 Å². The first kappa shape index (κ1) is 12.9. The average molecular weight is 249 g/mol. The van der Waals surface area contributed by atoms with E-state index in [9.17, 15) is 14.7 Å². The number of nitrogens with zero attached hydrogens (tertiary/aromatic N) is 1. The third-order valence-corrected chi connectivity index (χ3v) is 3.81. The maximum absolute atomic E-state index is 12.4. The van der Waals surface area contributed by atoms with Gasteiger partial charge < -0.3 is 10.0 Å². The van der Waals surface area contributed by atoms with E-state index in [1.54, 1.807) is 4.90 Å². The van der Waals surface area contributed by atoms with Crippen LogP contribution in [0, 0.1) is 11.8 Å². The van der Waals surface area contributed by atoms with Crippen LogP contribution in [-0.2, 0) is 9.59 Å². The summed E-state index contributed by atoms with van der Waals surface area (Å²) in [5, 5.41) is 9.18. The van der Waals surface area contributed by atoms with Crippen molar-refractivity contribution in [3.05, 3.63) is 23.8 Å². The fraction of sp³-hybridized carbons (Fsp3) is 0.571. The third-order valence-electron chi connectivity index (χ3n) is 3.81. The summed E-state index contributed by atoms with van der Waals surface area (Å²) in [4.78, 5) is 25.3. The van der Waals surface area contributed by atoms with Crippen LogP contribution < -0.4 is 0 Å². The Kier molecular flexibility index (Phi) is 3.84. The van der Waals surface area contributed by atoms with Gasteiger partial charge in [0.1, 0.15) is 0 Å². The molecule has 0 saturated carbocycles. The number of carboxylic acids is 1. The largest absolute Gasteiger partial charge is 0.481 e. The van der Waals surface area contributed by atoms with E-state index in [0.29, 0.717) is 25.9 Å². The molecule has 0 fully saturated rings. The molecule has 1 heterocycles. The fourth-order valence-corrected chi connectivity index (χ4v) is 2.57. The summed E-state index contributed by atoms with van der Waals surface area (Å²) in [6.45, 7) is 3.40. The van der Waals surface area contributed by atoms with Crippen molar-refractivity contribution < 1.29 is 14.7 Å². The fourth-order valence-electron chi connectivity index (χ4n) is 2.57. The Labute approximate surface area is 107 Å². The Morgan fingerprint density at radius 1 is 1.28 bits per heavy atom. The molecule has 4 heteroatoms. The van der Waals surface area contributed by atoms with Gasteiger partial charge in [0.05, 0.1) is 11.8 Å². The molecule has 0 unspecified atom stereocenters. The van der Waals surface area contributed by atoms with Crippen LogP contribution in [0.2, 0.25) is 0 Å². The Morgan fingerprint density at radius 2 is 1.94 bits per heavy atom. The highest BCUT2D eigenvalue weighted by Crippen LogP contribution is 2.28. The molecule has 2 rings (SSSR count). The van der Waals surface area contributed by atoms with Gasteiger partial charge in [-0.25, -0.2) is 0 Å². The summed E-state index contributed by atoms with van der Waals surface area (Å²) >= 11 is 0. The number of carbonyl (C=O) groups is 2. The summed E-state index contributed by atoms with van der Waals surface area (Å²) < 4.78 is 0. The van der Waals surface area contributed by atoms with E-state index in [-0.39, 0.29) is 11.8 Å². The van der Waals surface area contributed by atoms with Crippen LogP contribution in [0.1, 0.15) is 26.2 Å². The van der Waals surface area contributed by atoms with Crippen LogP contribution in [0.3, 0.4) is 0 Å². The van der Waals surface area contributed by atoms with Gasteiger partial charge in [-0.1, -0.05) is 23.8 Å². The van der Waals surface area contributed by atoms with E-state index in [2.05, 4.69) is 13.0 Å². The number of aliphatic carboxylic acids is 1. The summed E-state index contributed by atoms with van der Waals surface area (Å²) in [5.74, 6) is -1.81. The molecular weight excluding hydrogens is 230 g/mol. The highest BCUT2D eigenvalue weighted by molar-refractivity contribution is 5.85. The van der Waals surface area contributed by atoms with Crippen LogP contribution in [0.5, 0.6) is 0 Å². The van der Waals surface area contributed by atoms with Gasteiger partial charge in [-0.2, -0.15) is 0 Å². The SMILES string of the molecule is CC1=CCN(C(=O)[C@@H]2CC=CC[C@@H]2C(=O)O)CC1. The van der Waals surface area contributed by atoms with E-state index in [4.69, 9.17) is 0 Å². The highest BCUT2D eigenvalue weighted by Gasteiger charge is 2.36. The molecule has 0 aromatic rings. The Hall–Kier alpha value is -1.58. The zero-order valence-electron chi connectivity index (χ0n) is 10.6. The molecule has 0 aromatic carbocycles. The zero-order valence-corrected chi connectivity index (χ0v) is 10.6. The lowest BCUT2D eigenvalue weighted by atomic mass is 9.82. The second kappa shape index (κ2) is 5.38. The maximum atomic E-state index is 12.4. The molecule has 0 aromatic heterocycles. The monoisotopic (exact) mass is 249 g/mol. The molecule has 4 nitrogen and oxygen atoms in total. The number of allylic oxidation sites excluding steroid dienone is 2. The smallest absolute Gasteiger partial charge is 0.307 e. The van der Waals surface area contributed by atoms with Crippen LogP contribution in [0.15, 0.2) is 23.8 Å². The van der Waals surface area contributed by atoms with Crippen molar-refractivity contribution in [3.8, 4) is 0 Å². The van der Waals surface area contributed by atoms with Gasteiger partial charge >= 0.3 is 5.97 Å². The van der Waals surface area contributed by atoms with Gasteiger partial charge in [0.2, 0.25) is 5.91 Å². The van der Waals surface area contributed by atoms with Crippen molar-refractivity contribution in [1.29, 1.82) is 0 Å². The molecule has 2 aliphatic rings. The van der Waals surface area contributed by atoms with Crippen molar-refractivity contribution >= 4 is 11.9 Å². The topological polar surface area (TPSA) is 57.6 Å². The number of carboxylic acid groups (broad SMARTS) is 1. The quantitative estimate of drug-likeness (QED) is 0.760. The summed E-state index contributed by atoms with van der Waals surface area (Å²) in [7, 11) is 0. The minimum atomic E-state index is -0.860. The summed E-state index contributed by atoms with van der Waals surface area (Å²) in [5.41, 5.74) is 1.30. The number of amides is 1. The summed E-state index contributed by atoms with van der Waals surface area (Å²) in [6, 6.07) is 0. The average Bonchev–Trinajstić information content (AvgIpc) is 2.39. The first-order chi connectivity index (χ1) is 8.59. The number of rotatable bonds is 2. The molecule has 0 bridgehead atoms. The highest BCUT2D eigenvalue weighted by atomic mass is 16.4. The number of carbonyl (C=O) groups excluding carboxylic acids is 1. The summed E-state index contributed by atoms with van der Waals surface area (Å²) in [6.07, 6.45) is 7.75. The van der Waals surface area contributed by atoms with Crippen LogP contribution >= 0.6 is 0 Å². The predicted molar refractivity (Wildman–Crippen MR) is 67.9 cm³/mol. The normalized spacial score (nSPS) is 27.8. The molecule has 18 heavy (non-hydrogen) atoms. The predicted octanol–water partition coefficient (Wildman–Crippen LogP) is 1.83. The van der Waals surface area contributed by atoms with E-state index in [1.165, 1.54) is 5.57 Å². The van der Waals surface area contributed by atoms with Gasteiger partial charge in [-0.3, -0.25) is 9.59 Å². The van der Waals surface area contributed by atoms with Gasteiger partial charge in [-0.15, -0.1) is 0 Å². The third kappa shape index (κ3) is 2.63. The number of hydrogen-bond donors (Lipinski definition) is 1. The van der Waals surface area contributed by atoms with Crippen molar-refractivity contribution in [2.45, 2.75) is 26.2 Å².